The number of hydrogen-bond acceptors (Lipinski definition) is 9. The molecule has 19 heavy (non-hydrogen) atoms. The second-order valence-electron chi connectivity index (χ2n) is 0.750. The van der Waals surface area contributed by atoms with Crippen molar-refractivity contribution in [1.29, 1.82) is 0 Å². The summed E-state index contributed by atoms with van der Waals surface area (Å²) in [5.41, 5.74) is 0. The Morgan fingerprint density at radius 2 is 0.421 bits per heavy atom. The van der Waals surface area contributed by atoms with Crippen molar-refractivity contribution in [2.24, 2.45) is 0 Å². The Balaban J connectivity index is -0.00000000675. The van der Waals surface area contributed by atoms with Gasteiger partial charge >= 0.3 is 71.2 Å². The van der Waals surface area contributed by atoms with Crippen LogP contribution < -0.4 is 30.6 Å². The minimum atomic E-state index is -2.33. The summed E-state index contributed by atoms with van der Waals surface area (Å²) in [7, 11) is 0. The van der Waals surface area contributed by atoms with Gasteiger partial charge in [0.15, 0.2) is 0 Å². The van der Waals surface area contributed by atoms with Crippen LogP contribution in [-0.4, -0.2) is 45.8 Å². The second-order valence-corrected chi connectivity index (χ2v) is 0.750. The van der Waals surface area contributed by atoms with Gasteiger partial charge in [0.2, 0.25) is 0 Å². The maximum atomic E-state index is 8.33. The van der Waals surface area contributed by atoms with E-state index in [2.05, 4.69) is 0 Å². The van der Waals surface area contributed by atoms with Crippen LogP contribution in [0.2, 0.25) is 0 Å². The molecule has 0 rings (SSSR count). The fourth-order valence-corrected chi connectivity index (χ4v) is 0. The standard InChI is InChI=1S/3CH2O3.2La.5H2O/c3*2-1(3)4;;;;;;;/h3*(H2,2,3,4);;;5*1H2/q;;;2*+3;;;;;/p-6. The molecule has 0 aromatic rings. The summed E-state index contributed by atoms with van der Waals surface area (Å²) in [6.07, 6.45) is -7.00. The molecular weight excluding hydrogens is 538 g/mol. The molecule has 0 saturated carbocycles. The van der Waals surface area contributed by atoms with Gasteiger partial charge in [0.05, 0.1) is 0 Å². The van der Waals surface area contributed by atoms with E-state index in [1.165, 1.54) is 0 Å². The summed E-state index contributed by atoms with van der Waals surface area (Å²) in [5, 5.41) is 50.0. The van der Waals surface area contributed by atoms with Crippen LogP contribution in [-0.2, 0) is 0 Å². The monoisotopic (exact) mass is 548 g/mol. The first-order valence-electron chi connectivity index (χ1n) is 1.84. The van der Waals surface area contributed by atoms with Crippen LogP contribution in [0.15, 0.2) is 0 Å². The summed E-state index contributed by atoms with van der Waals surface area (Å²) in [5.74, 6) is 0. The minimum absolute atomic E-state index is 0. The van der Waals surface area contributed by atoms with E-state index in [1.54, 1.807) is 0 Å². The molecule has 0 amide bonds. The molecule has 0 saturated heterocycles. The first-order valence-corrected chi connectivity index (χ1v) is 1.84. The number of rotatable bonds is 0. The van der Waals surface area contributed by atoms with Gasteiger partial charge in [-0.15, -0.1) is 0 Å². The Bertz CT molecular complexity index is 118. The second kappa shape index (κ2) is 64.2. The molecule has 0 aromatic carbocycles. The molecule has 10 N–H and O–H groups in total. The van der Waals surface area contributed by atoms with Gasteiger partial charge in [0.25, 0.3) is 0 Å². The van der Waals surface area contributed by atoms with Crippen LogP contribution >= 0.6 is 0 Å². The zero-order chi connectivity index (χ0) is 10.7. The van der Waals surface area contributed by atoms with Crippen molar-refractivity contribution in [3.05, 3.63) is 0 Å². The normalized spacial score (nSPS) is 3.79. The quantitative estimate of drug-likeness (QED) is 0.277. The third kappa shape index (κ3) is 30400000000. The van der Waals surface area contributed by atoms with Crippen molar-refractivity contribution in [2.45, 2.75) is 0 Å². The van der Waals surface area contributed by atoms with Gasteiger partial charge in [-0.05, 0) is 18.5 Å². The molecule has 14 nitrogen and oxygen atoms in total. The van der Waals surface area contributed by atoms with Gasteiger partial charge in [-0.1, -0.05) is 0 Å². The van der Waals surface area contributed by atoms with E-state index in [9.17, 15) is 0 Å². The first-order chi connectivity index (χ1) is 5.20. The van der Waals surface area contributed by atoms with Crippen LogP contribution in [0.5, 0.6) is 0 Å². The number of carboxylic acid groups (broad SMARTS) is 6. The number of carbonyl (C=O) groups excluding carboxylic acids is 3. The zero-order valence-electron chi connectivity index (χ0n) is 8.83. The van der Waals surface area contributed by atoms with Crippen LogP contribution in [0.4, 0.5) is 14.4 Å². The summed E-state index contributed by atoms with van der Waals surface area (Å²) >= 11 is 0. The minimum Gasteiger partial charge on any atom is -0.652 e. The van der Waals surface area contributed by atoms with Crippen molar-refractivity contribution in [2.75, 3.05) is 0 Å². The Labute approximate surface area is 160 Å². The van der Waals surface area contributed by atoms with E-state index >= 15 is 0 Å². The molecule has 0 fully saturated rings. The first kappa shape index (κ1) is 76.0. The van der Waals surface area contributed by atoms with Crippen LogP contribution in [0.1, 0.15) is 0 Å². The van der Waals surface area contributed by atoms with Crippen molar-refractivity contribution < 1.29 is 144 Å². The molecule has 0 aromatic heterocycles. The van der Waals surface area contributed by atoms with E-state index in [1.807, 2.05) is 0 Å². The largest absolute Gasteiger partial charge is 3.00 e. The van der Waals surface area contributed by atoms with Crippen LogP contribution in [0, 0.1) is 71.2 Å². The Kier molecular flexibility index (Phi) is 257. The van der Waals surface area contributed by atoms with E-state index in [-0.39, 0.29) is 98.6 Å². The van der Waals surface area contributed by atoms with Gasteiger partial charge in [0, 0.05) is 0 Å². The molecule has 0 radical (unpaired) electrons. The average molecular weight is 548 g/mol. The summed E-state index contributed by atoms with van der Waals surface area (Å²) in [6.45, 7) is 0. The van der Waals surface area contributed by atoms with E-state index < -0.39 is 18.5 Å². The van der Waals surface area contributed by atoms with Crippen molar-refractivity contribution in [3.63, 3.8) is 0 Å². The number of carbonyl (C=O) groups is 3. The van der Waals surface area contributed by atoms with Crippen molar-refractivity contribution in [3.8, 4) is 0 Å². The van der Waals surface area contributed by atoms with Crippen LogP contribution in [0.25, 0.3) is 0 Å². The molecule has 0 unspecified atom stereocenters. The van der Waals surface area contributed by atoms with E-state index in [0.717, 1.165) is 0 Å². The summed E-state index contributed by atoms with van der Waals surface area (Å²) in [4.78, 5) is 25.0. The molecule has 0 aliphatic carbocycles. The molecule has 0 aliphatic rings. The third-order valence-corrected chi connectivity index (χ3v) is 0. The van der Waals surface area contributed by atoms with Crippen molar-refractivity contribution in [1.82, 2.24) is 0 Å². The molecule has 112 valence electrons. The molecule has 16 heteroatoms. The van der Waals surface area contributed by atoms with Gasteiger partial charge in [-0.25, -0.2) is 0 Å². The van der Waals surface area contributed by atoms with E-state index in [4.69, 9.17) is 45.0 Å². The third-order valence-electron chi connectivity index (χ3n) is 0. The van der Waals surface area contributed by atoms with Crippen LogP contribution in [0.3, 0.4) is 0 Å². The molecular formula is C3H10La2O14. The van der Waals surface area contributed by atoms with Gasteiger partial charge in [0.1, 0.15) is 0 Å². The SMILES string of the molecule is O.O.O.O.O.O=C([O-])[O-].O=C([O-])[O-].O=C([O-])[O-].[La+3].[La+3]. The predicted octanol–water partition coefficient (Wildman–Crippen LogP) is -11.5. The molecule has 0 atom stereocenters. The average Bonchev–Trinajstić information content (AvgIpc) is 1.54. The van der Waals surface area contributed by atoms with Gasteiger partial charge in [-0.3, -0.25) is 0 Å². The maximum absolute atomic E-state index is 8.33. The molecule has 0 spiro atoms. The topological polar surface area (TPSA) is 347 Å². The fourth-order valence-electron chi connectivity index (χ4n) is 0. The summed E-state index contributed by atoms with van der Waals surface area (Å²) in [6, 6.07) is 0. The summed E-state index contributed by atoms with van der Waals surface area (Å²) < 4.78 is 0. The Hall–Kier alpha value is -0.000390. The maximum Gasteiger partial charge on any atom is 3.00 e. The Morgan fingerprint density at radius 1 is 0.421 bits per heavy atom. The predicted molar refractivity (Wildman–Crippen MR) is 34.3 cm³/mol. The van der Waals surface area contributed by atoms with Gasteiger partial charge < -0.3 is 72.4 Å². The Morgan fingerprint density at radius 3 is 0.421 bits per heavy atom. The molecule has 0 bridgehead atoms. The van der Waals surface area contributed by atoms with Crippen molar-refractivity contribution >= 4 is 18.5 Å². The van der Waals surface area contributed by atoms with E-state index in [0.29, 0.717) is 0 Å². The molecule has 0 heterocycles. The number of hydrogen-bond donors (Lipinski definition) is 0. The zero-order valence-corrected chi connectivity index (χ0v) is 16.1. The fraction of sp³-hybridized carbons (Fsp3) is 0. The smallest absolute Gasteiger partial charge is 0.652 e. The van der Waals surface area contributed by atoms with Gasteiger partial charge in [-0.2, -0.15) is 0 Å². The molecule has 0 aliphatic heterocycles.